The molecular formula is C20H24F3N7O4. The number of hydrogen-bond acceptors (Lipinski definition) is 7. The molecule has 14 heteroatoms. The fourth-order valence-corrected chi connectivity index (χ4v) is 2.92. The Labute approximate surface area is 192 Å². The number of morpholine rings is 1. The molecule has 1 aromatic carbocycles. The summed E-state index contributed by atoms with van der Waals surface area (Å²) in [4.78, 5) is 37.4. The number of halogens is 3. The van der Waals surface area contributed by atoms with Crippen LogP contribution >= 0.6 is 0 Å². The van der Waals surface area contributed by atoms with Crippen molar-refractivity contribution in [3.05, 3.63) is 41.6 Å². The van der Waals surface area contributed by atoms with Gasteiger partial charge in [0.25, 0.3) is 5.91 Å². The zero-order chi connectivity index (χ0) is 25.3. The van der Waals surface area contributed by atoms with Crippen molar-refractivity contribution in [1.82, 2.24) is 20.9 Å². The Morgan fingerprint density at radius 1 is 1.24 bits per heavy atom. The lowest BCUT2D eigenvalue weighted by Gasteiger charge is -2.35. The van der Waals surface area contributed by atoms with Gasteiger partial charge in [-0.1, -0.05) is 0 Å². The van der Waals surface area contributed by atoms with Crippen LogP contribution in [0.25, 0.3) is 0 Å². The molecule has 1 atom stereocenters. The van der Waals surface area contributed by atoms with Gasteiger partial charge in [0.2, 0.25) is 0 Å². The molecule has 1 heterocycles. The Morgan fingerprint density at radius 3 is 2.50 bits per heavy atom. The molecule has 0 aliphatic carbocycles. The van der Waals surface area contributed by atoms with Crippen LogP contribution in [0.2, 0.25) is 0 Å². The lowest BCUT2D eigenvalue weighted by atomic mass is 10.2. The van der Waals surface area contributed by atoms with Crippen molar-refractivity contribution >= 4 is 35.6 Å². The van der Waals surface area contributed by atoms with Crippen LogP contribution < -0.4 is 21.3 Å². The number of likely N-dealkylation sites (N-methyl/N-ethyl adjacent to an activating group) is 1. The first-order valence-electron chi connectivity index (χ1n) is 9.96. The Morgan fingerprint density at radius 2 is 1.91 bits per heavy atom. The zero-order valence-corrected chi connectivity index (χ0v) is 18.1. The van der Waals surface area contributed by atoms with Gasteiger partial charge in [0.05, 0.1) is 19.3 Å². The standard InChI is InChI=1S/C20H24F3N7O4/c1-26-15(6-7-24)17(31)27-10-14-11-34-9-8-30(14)19(33)28-13-4-2-12(3-5-13)16(25)29-18(32)20(21,22)23/h2-7,14,24,26H,8-11H2,1H3,(H,27,31)(H,28,33)(H2,25,29,32)/b15-6-,24-7?/t14-/m1/s1. The van der Waals surface area contributed by atoms with Crippen molar-refractivity contribution in [3.63, 3.8) is 0 Å². The molecule has 0 radical (unpaired) electrons. The number of carbonyl (C=O) groups excluding carboxylic acids is 3. The second-order valence-electron chi connectivity index (χ2n) is 6.96. The van der Waals surface area contributed by atoms with Crippen molar-refractivity contribution in [2.75, 3.05) is 38.7 Å². The smallest absolute Gasteiger partial charge is 0.384 e. The van der Waals surface area contributed by atoms with E-state index in [2.05, 4.69) is 16.0 Å². The first kappa shape index (κ1) is 26.3. The average Bonchev–Trinajstić information content (AvgIpc) is 2.80. The predicted molar refractivity (Wildman–Crippen MR) is 117 cm³/mol. The summed E-state index contributed by atoms with van der Waals surface area (Å²) in [7, 11) is 1.54. The highest BCUT2D eigenvalue weighted by Gasteiger charge is 2.39. The first-order chi connectivity index (χ1) is 16.1. The molecule has 1 fully saturated rings. The van der Waals surface area contributed by atoms with Gasteiger partial charge >= 0.3 is 18.1 Å². The van der Waals surface area contributed by atoms with E-state index in [-0.39, 0.29) is 31.0 Å². The van der Waals surface area contributed by atoms with Crippen LogP contribution in [0.5, 0.6) is 0 Å². The Bertz CT molecular complexity index is 964. The van der Waals surface area contributed by atoms with Crippen LogP contribution in [0, 0.1) is 10.8 Å². The van der Waals surface area contributed by atoms with Gasteiger partial charge in [0, 0.05) is 37.6 Å². The molecule has 0 bridgehead atoms. The molecule has 0 spiro atoms. The van der Waals surface area contributed by atoms with Gasteiger partial charge < -0.3 is 36.3 Å². The maximum Gasteiger partial charge on any atom is 0.471 e. The summed E-state index contributed by atoms with van der Waals surface area (Å²) in [6, 6.07) is 4.35. The third-order valence-corrected chi connectivity index (χ3v) is 4.67. The predicted octanol–water partition coefficient (Wildman–Crippen LogP) is 0.792. The normalized spacial score (nSPS) is 16.3. The summed E-state index contributed by atoms with van der Waals surface area (Å²) in [6.07, 6.45) is -2.86. The van der Waals surface area contributed by atoms with E-state index in [1.807, 2.05) is 0 Å². The SMILES string of the molecule is CN/C(=C\C=N)C(=O)NC[C@@H]1COCCN1C(=O)Nc1ccc(C(=N)NC(=O)C(F)(F)F)cc1. The van der Waals surface area contributed by atoms with Crippen molar-refractivity contribution < 1.29 is 32.3 Å². The minimum atomic E-state index is -5.11. The lowest BCUT2D eigenvalue weighted by Crippen LogP contribution is -2.55. The number of urea groups is 1. The highest BCUT2D eigenvalue weighted by atomic mass is 19.4. The molecule has 1 aliphatic rings. The molecule has 184 valence electrons. The number of rotatable bonds is 7. The van der Waals surface area contributed by atoms with Crippen molar-refractivity contribution in [1.29, 1.82) is 10.8 Å². The maximum atomic E-state index is 12.8. The van der Waals surface area contributed by atoms with Gasteiger partial charge in [-0.3, -0.25) is 15.0 Å². The van der Waals surface area contributed by atoms with Gasteiger partial charge in [-0.25, -0.2) is 4.79 Å². The number of carbonyl (C=O) groups is 3. The summed E-state index contributed by atoms with van der Waals surface area (Å²) in [6.45, 7) is 0.834. The van der Waals surface area contributed by atoms with E-state index in [9.17, 15) is 27.6 Å². The Kier molecular flexibility index (Phi) is 9.12. The third-order valence-electron chi connectivity index (χ3n) is 4.67. The van der Waals surface area contributed by atoms with Gasteiger partial charge in [-0.2, -0.15) is 13.2 Å². The molecule has 2 rings (SSSR count). The van der Waals surface area contributed by atoms with Gasteiger partial charge in [0.1, 0.15) is 11.5 Å². The van der Waals surface area contributed by atoms with Crippen LogP contribution in [0.4, 0.5) is 23.7 Å². The van der Waals surface area contributed by atoms with Crippen LogP contribution in [0.1, 0.15) is 5.56 Å². The van der Waals surface area contributed by atoms with E-state index >= 15 is 0 Å². The Hall–Kier alpha value is -3.94. The van der Waals surface area contributed by atoms with Gasteiger partial charge in [0.15, 0.2) is 0 Å². The molecule has 0 aromatic heterocycles. The van der Waals surface area contributed by atoms with Crippen LogP contribution in [0.3, 0.4) is 0 Å². The number of hydrogen-bond donors (Lipinski definition) is 6. The molecular weight excluding hydrogens is 459 g/mol. The number of ether oxygens (including phenoxy) is 1. The second kappa shape index (κ2) is 11.8. The number of anilines is 1. The van der Waals surface area contributed by atoms with Crippen molar-refractivity contribution in [3.8, 4) is 0 Å². The first-order valence-corrected chi connectivity index (χ1v) is 9.96. The summed E-state index contributed by atoms with van der Waals surface area (Å²) < 4.78 is 42.4. The van der Waals surface area contributed by atoms with Crippen molar-refractivity contribution in [2.45, 2.75) is 12.2 Å². The highest BCUT2D eigenvalue weighted by Crippen LogP contribution is 2.16. The van der Waals surface area contributed by atoms with E-state index in [1.54, 1.807) is 0 Å². The molecule has 1 saturated heterocycles. The van der Waals surface area contributed by atoms with E-state index in [0.717, 1.165) is 6.21 Å². The fourth-order valence-electron chi connectivity index (χ4n) is 2.92. The van der Waals surface area contributed by atoms with E-state index in [0.29, 0.717) is 12.3 Å². The molecule has 11 nitrogen and oxygen atoms in total. The summed E-state index contributed by atoms with van der Waals surface area (Å²) in [5.41, 5.74) is 0.505. The molecule has 4 amide bonds. The molecule has 1 aromatic rings. The van der Waals surface area contributed by atoms with E-state index < -0.39 is 35.9 Å². The number of benzene rings is 1. The molecule has 6 N–H and O–H groups in total. The second-order valence-corrected chi connectivity index (χ2v) is 6.96. The number of allylic oxidation sites excluding steroid dienone is 1. The van der Waals surface area contributed by atoms with E-state index in [1.165, 1.54) is 47.6 Å². The third kappa shape index (κ3) is 7.30. The average molecular weight is 483 g/mol. The summed E-state index contributed by atoms with van der Waals surface area (Å²) in [5, 5.41) is 24.1. The van der Waals surface area contributed by atoms with Gasteiger partial charge in [-0.15, -0.1) is 0 Å². The molecule has 0 unspecified atom stereocenters. The number of nitrogens with one attached hydrogen (secondary N) is 6. The van der Waals surface area contributed by atoms with E-state index in [4.69, 9.17) is 15.6 Å². The maximum absolute atomic E-state index is 12.8. The topological polar surface area (TPSA) is 160 Å². The highest BCUT2D eigenvalue weighted by molar-refractivity contribution is 6.07. The Balaban J connectivity index is 1.98. The number of amides is 4. The molecule has 1 aliphatic heterocycles. The largest absolute Gasteiger partial charge is 0.471 e. The number of alkyl halides is 3. The minimum Gasteiger partial charge on any atom is -0.384 e. The quantitative estimate of drug-likeness (QED) is 0.192. The zero-order valence-electron chi connectivity index (χ0n) is 18.1. The van der Waals surface area contributed by atoms with Crippen LogP contribution in [-0.2, 0) is 14.3 Å². The number of amidine groups is 1. The van der Waals surface area contributed by atoms with Crippen LogP contribution in [0.15, 0.2) is 36.0 Å². The fraction of sp³-hybridized carbons (Fsp3) is 0.350. The minimum absolute atomic E-state index is 0.0147. The summed E-state index contributed by atoms with van der Waals surface area (Å²) in [5.74, 6) is -3.44. The number of nitrogens with zero attached hydrogens (tertiary/aromatic N) is 1. The molecule has 34 heavy (non-hydrogen) atoms. The van der Waals surface area contributed by atoms with Gasteiger partial charge in [-0.05, 0) is 30.3 Å². The monoisotopic (exact) mass is 483 g/mol. The summed E-state index contributed by atoms with van der Waals surface area (Å²) >= 11 is 0. The lowest BCUT2D eigenvalue weighted by molar-refractivity contribution is -0.171. The van der Waals surface area contributed by atoms with Crippen LogP contribution in [-0.4, -0.2) is 80.4 Å². The van der Waals surface area contributed by atoms with Crippen molar-refractivity contribution in [2.24, 2.45) is 0 Å². The molecule has 0 saturated carbocycles.